The van der Waals surface area contributed by atoms with Crippen molar-refractivity contribution in [2.75, 3.05) is 20.6 Å². The minimum atomic E-state index is -0.00650. The Labute approximate surface area is 127 Å². The molecule has 1 aromatic carbocycles. The lowest BCUT2D eigenvalue weighted by Crippen LogP contribution is -2.25. The van der Waals surface area contributed by atoms with Gasteiger partial charge in [0, 0.05) is 32.6 Å². The molecule has 0 spiro atoms. The van der Waals surface area contributed by atoms with Crippen molar-refractivity contribution in [1.82, 2.24) is 10.2 Å². The molecule has 0 fully saturated rings. The summed E-state index contributed by atoms with van der Waals surface area (Å²) in [7, 11) is 3.47. The van der Waals surface area contributed by atoms with Crippen molar-refractivity contribution in [3.8, 4) is 0 Å². The Hall–Kier alpha value is -1.84. The first-order valence-corrected chi connectivity index (χ1v) is 7.47. The Bertz CT molecular complexity index is 464. The number of carbonyl (C=O) groups is 2. The number of hydrogen-bond acceptors (Lipinski definition) is 2. The van der Waals surface area contributed by atoms with E-state index in [1.807, 2.05) is 24.3 Å². The van der Waals surface area contributed by atoms with Crippen LogP contribution in [0.5, 0.6) is 0 Å². The first-order valence-electron chi connectivity index (χ1n) is 7.47. The van der Waals surface area contributed by atoms with Gasteiger partial charge in [0.05, 0.1) is 0 Å². The zero-order valence-electron chi connectivity index (χ0n) is 13.5. The molecule has 0 atom stereocenters. The quantitative estimate of drug-likeness (QED) is 0.838. The zero-order valence-corrected chi connectivity index (χ0v) is 13.5. The van der Waals surface area contributed by atoms with E-state index in [1.165, 1.54) is 0 Å². The fraction of sp³-hybridized carbons (Fsp3) is 0.529. The average Bonchev–Trinajstić information content (AvgIpc) is 2.44. The number of nitrogens with one attached hydrogen (secondary N) is 1. The van der Waals surface area contributed by atoms with Crippen LogP contribution in [0.1, 0.15) is 42.6 Å². The van der Waals surface area contributed by atoms with Crippen molar-refractivity contribution < 1.29 is 9.59 Å². The van der Waals surface area contributed by atoms with E-state index in [0.29, 0.717) is 24.3 Å². The van der Waals surface area contributed by atoms with Crippen molar-refractivity contribution in [2.45, 2.75) is 33.1 Å². The number of carbonyl (C=O) groups excluding carboxylic acids is 2. The molecule has 0 radical (unpaired) electrons. The van der Waals surface area contributed by atoms with Crippen LogP contribution >= 0.6 is 0 Å². The van der Waals surface area contributed by atoms with E-state index >= 15 is 0 Å². The summed E-state index contributed by atoms with van der Waals surface area (Å²) >= 11 is 0. The van der Waals surface area contributed by atoms with Gasteiger partial charge in [0.15, 0.2) is 0 Å². The van der Waals surface area contributed by atoms with E-state index in [4.69, 9.17) is 0 Å². The highest BCUT2D eigenvalue weighted by Crippen LogP contribution is 2.08. The van der Waals surface area contributed by atoms with Crippen molar-refractivity contribution in [1.29, 1.82) is 0 Å². The topological polar surface area (TPSA) is 49.4 Å². The lowest BCUT2D eigenvalue weighted by Gasteiger charge is -2.10. The van der Waals surface area contributed by atoms with Crippen LogP contribution < -0.4 is 5.32 Å². The number of aryl methyl sites for hydroxylation is 1. The molecule has 4 nitrogen and oxygen atoms in total. The number of nitrogens with zero attached hydrogens (tertiary/aromatic N) is 1. The van der Waals surface area contributed by atoms with E-state index in [1.54, 1.807) is 19.0 Å². The second-order valence-electron chi connectivity index (χ2n) is 5.93. The van der Waals surface area contributed by atoms with Crippen molar-refractivity contribution in [2.24, 2.45) is 5.92 Å². The molecule has 21 heavy (non-hydrogen) atoms. The summed E-state index contributed by atoms with van der Waals surface area (Å²) in [6.45, 7) is 5.03. The lowest BCUT2D eigenvalue weighted by atomic mass is 10.1. The third kappa shape index (κ3) is 6.43. The molecule has 0 aliphatic rings. The summed E-state index contributed by atoms with van der Waals surface area (Å²) in [5, 5.41) is 2.93. The molecule has 1 rings (SSSR count). The maximum absolute atomic E-state index is 11.8. The number of rotatable bonds is 7. The van der Waals surface area contributed by atoms with Gasteiger partial charge in [-0.25, -0.2) is 0 Å². The third-order valence-corrected chi connectivity index (χ3v) is 3.29. The van der Waals surface area contributed by atoms with Gasteiger partial charge in [-0.3, -0.25) is 9.59 Å². The smallest absolute Gasteiger partial charge is 0.253 e. The Morgan fingerprint density at radius 3 is 2.29 bits per heavy atom. The van der Waals surface area contributed by atoms with Crippen LogP contribution in [-0.2, 0) is 11.2 Å². The molecule has 0 bridgehead atoms. The highest BCUT2D eigenvalue weighted by molar-refractivity contribution is 5.93. The molecule has 0 aliphatic heterocycles. The van der Waals surface area contributed by atoms with Crippen LogP contribution in [-0.4, -0.2) is 37.4 Å². The highest BCUT2D eigenvalue weighted by atomic mass is 16.2. The van der Waals surface area contributed by atoms with E-state index < -0.39 is 0 Å². The molecule has 0 saturated carbocycles. The molecular weight excluding hydrogens is 264 g/mol. The predicted octanol–water partition coefficient (Wildman–Crippen LogP) is 2.48. The highest BCUT2D eigenvalue weighted by Gasteiger charge is 2.08. The van der Waals surface area contributed by atoms with Crippen LogP contribution in [0.3, 0.4) is 0 Å². The van der Waals surface area contributed by atoms with E-state index in [-0.39, 0.29) is 11.8 Å². The van der Waals surface area contributed by atoms with Crippen LogP contribution in [0.15, 0.2) is 24.3 Å². The fourth-order valence-electron chi connectivity index (χ4n) is 1.92. The Morgan fingerprint density at radius 2 is 1.76 bits per heavy atom. The lowest BCUT2D eigenvalue weighted by molar-refractivity contribution is -0.121. The molecule has 0 heterocycles. The molecule has 0 aromatic heterocycles. The minimum absolute atomic E-state index is 0.00650. The first-order chi connectivity index (χ1) is 9.90. The second kappa shape index (κ2) is 8.45. The van der Waals surface area contributed by atoms with Crippen molar-refractivity contribution in [3.63, 3.8) is 0 Å². The van der Waals surface area contributed by atoms with Gasteiger partial charge in [0.2, 0.25) is 5.91 Å². The monoisotopic (exact) mass is 290 g/mol. The Morgan fingerprint density at radius 1 is 1.14 bits per heavy atom. The van der Waals surface area contributed by atoms with E-state index in [2.05, 4.69) is 19.2 Å². The molecular formula is C17H26N2O2. The van der Waals surface area contributed by atoms with E-state index in [0.717, 1.165) is 18.5 Å². The van der Waals surface area contributed by atoms with Crippen molar-refractivity contribution in [3.05, 3.63) is 35.4 Å². The summed E-state index contributed by atoms with van der Waals surface area (Å²) in [5.74, 6) is 0.684. The summed E-state index contributed by atoms with van der Waals surface area (Å²) in [4.78, 5) is 25.0. The molecule has 1 aromatic rings. The van der Waals surface area contributed by atoms with Gasteiger partial charge < -0.3 is 10.2 Å². The van der Waals surface area contributed by atoms with Gasteiger partial charge in [0.1, 0.15) is 0 Å². The SMILES string of the molecule is CC(C)CCNC(=O)CCc1ccc(C(=O)N(C)C)cc1. The molecule has 116 valence electrons. The molecule has 1 N–H and O–H groups in total. The van der Waals surface area contributed by atoms with Gasteiger partial charge in [-0.1, -0.05) is 26.0 Å². The van der Waals surface area contributed by atoms with Crippen LogP contribution in [0.4, 0.5) is 0 Å². The maximum Gasteiger partial charge on any atom is 0.253 e. The zero-order chi connectivity index (χ0) is 15.8. The maximum atomic E-state index is 11.8. The standard InChI is InChI=1S/C17H26N2O2/c1-13(2)11-12-18-16(20)10-7-14-5-8-15(9-6-14)17(21)19(3)4/h5-6,8-9,13H,7,10-12H2,1-4H3,(H,18,20). The molecule has 0 aliphatic carbocycles. The third-order valence-electron chi connectivity index (χ3n) is 3.29. The van der Waals surface area contributed by atoms with E-state index in [9.17, 15) is 9.59 Å². The fourth-order valence-corrected chi connectivity index (χ4v) is 1.92. The molecule has 0 saturated heterocycles. The summed E-state index contributed by atoms with van der Waals surface area (Å²) in [5.41, 5.74) is 1.74. The van der Waals surface area contributed by atoms with Crippen LogP contribution in [0.25, 0.3) is 0 Å². The molecule has 4 heteroatoms. The van der Waals surface area contributed by atoms with Crippen LogP contribution in [0.2, 0.25) is 0 Å². The van der Waals surface area contributed by atoms with Crippen LogP contribution in [0, 0.1) is 5.92 Å². The number of benzene rings is 1. The van der Waals surface area contributed by atoms with Crippen molar-refractivity contribution >= 4 is 11.8 Å². The normalized spacial score (nSPS) is 10.5. The van der Waals surface area contributed by atoms with Gasteiger partial charge in [-0.05, 0) is 36.5 Å². The Balaban J connectivity index is 2.39. The van der Waals surface area contributed by atoms with Gasteiger partial charge in [0.25, 0.3) is 5.91 Å². The largest absolute Gasteiger partial charge is 0.356 e. The molecule has 0 unspecified atom stereocenters. The predicted molar refractivity (Wildman–Crippen MR) is 85.2 cm³/mol. The molecule has 2 amide bonds. The number of amides is 2. The summed E-state index contributed by atoms with van der Waals surface area (Å²) in [6, 6.07) is 7.46. The van der Waals surface area contributed by atoms with Gasteiger partial charge in [-0.2, -0.15) is 0 Å². The van der Waals surface area contributed by atoms with Gasteiger partial charge >= 0.3 is 0 Å². The summed E-state index contributed by atoms with van der Waals surface area (Å²) in [6.07, 6.45) is 2.19. The number of hydrogen-bond donors (Lipinski definition) is 1. The Kier molecular flexibility index (Phi) is 6.92. The summed E-state index contributed by atoms with van der Waals surface area (Å²) < 4.78 is 0. The average molecular weight is 290 g/mol. The first kappa shape index (κ1) is 17.2. The minimum Gasteiger partial charge on any atom is -0.356 e. The second-order valence-corrected chi connectivity index (χ2v) is 5.93. The van der Waals surface area contributed by atoms with Gasteiger partial charge in [-0.15, -0.1) is 0 Å².